The van der Waals surface area contributed by atoms with Crippen LogP contribution in [0.2, 0.25) is 0 Å². The maximum absolute atomic E-state index is 14.5. The van der Waals surface area contributed by atoms with E-state index in [1.165, 1.54) is 19.6 Å². The van der Waals surface area contributed by atoms with E-state index >= 15 is 0 Å². The average molecular weight is 754 g/mol. The quantitative estimate of drug-likeness (QED) is 0.255. The van der Waals surface area contributed by atoms with E-state index in [0.717, 1.165) is 0 Å². The second-order valence-electron chi connectivity index (χ2n) is 18.7. The molecule has 0 aromatic rings. The maximum Gasteiger partial charge on any atom is 0.410 e. The average Bonchev–Trinajstić information content (AvgIpc) is 3.89. The van der Waals surface area contributed by atoms with Crippen molar-refractivity contribution in [2.75, 3.05) is 78.5 Å². The van der Waals surface area contributed by atoms with Gasteiger partial charge in [0.25, 0.3) is 0 Å². The third-order valence-corrected chi connectivity index (χ3v) is 8.92. The highest BCUT2D eigenvalue weighted by molar-refractivity contribution is 5.79. The van der Waals surface area contributed by atoms with Crippen LogP contribution in [0.3, 0.4) is 0 Å². The molecular formula is C36H63N7O10+2. The van der Waals surface area contributed by atoms with Crippen molar-refractivity contribution in [1.82, 2.24) is 25.1 Å². The number of quaternary nitrogens is 2. The molecule has 0 aliphatic carbocycles. The predicted molar refractivity (Wildman–Crippen MR) is 191 cm³/mol. The van der Waals surface area contributed by atoms with E-state index in [-0.39, 0.29) is 73.4 Å². The number of carbonyl (C=O) groups excluding carboxylic acids is 6. The smallest absolute Gasteiger partial charge is 0.410 e. The molecule has 4 aliphatic rings. The van der Waals surface area contributed by atoms with Crippen LogP contribution in [-0.2, 0) is 28.5 Å². The van der Waals surface area contributed by atoms with Crippen molar-refractivity contribution >= 4 is 36.2 Å². The zero-order chi connectivity index (χ0) is 39.9. The molecule has 300 valence electrons. The molecule has 4 fully saturated rings. The summed E-state index contributed by atoms with van der Waals surface area (Å²) < 4.78 is 22.1. The van der Waals surface area contributed by atoms with Gasteiger partial charge in [-0.25, -0.2) is 28.8 Å². The number of amides is 6. The van der Waals surface area contributed by atoms with Gasteiger partial charge in [-0.05, 0) is 83.1 Å². The number of ether oxygens (including phenoxy) is 4. The minimum absolute atomic E-state index is 0.0149. The van der Waals surface area contributed by atoms with Crippen molar-refractivity contribution < 1.29 is 56.9 Å². The van der Waals surface area contributed by atoms with E-state index in [0.29, 0.717) is 26.2 Å². The molecule has 0 aromatic carbocycles. The van der Waals surface area contributed by atoms with E-state index in [2.05, 4.69) is 5.53 Å². The Morgan fingerprint density at radius 2 is 0.642 bits per heavy atom. The van der Waals surface area contributed by atoms with Crippen molar-refractivity contribution in [1.29, 1.82) is 0 Å². The standard InChI is InChI=1S/C36H63N7O10/c1-33(2,3)50-29(46)38-13-14-39(30(47)51-34(4,5)6)22-25(21-38)27(44)42(17-18-42)37-43(19-20-43)28(45)26-23-40(31(48)52-35(7,8)9)15-16-41(24-26)32(49)53-36(10,11)12/h25-26,37H,13-24H2,1-12H3/q+2. The van der Waals surface area contributed by atoms with Crippen molar-refractivity contribution in [3.63, 3.8) is 0 Å². The van der Waals surface area contributed by atoms with E-state index < -0.39 is 58.6 Å². The van der Waals surface area contributed by atoms with Crippen LogP contribution in [0.25, 0.3) is 0 Å². The lowest BCUT2D eigenvalue weighted by Crippen LogP contribution is -2.63. The summed E-state index contributed by atoms with van der Waals surface area (Å²) in [6, 6.07) is 0. The number of hydrogen-bond donors (Lipinski definition) is 1. The molecule has 0 radical (unpaired) electrons. The van der Waals surface area contributed by atoms with E-state index in [1.807, 2.05) is 0 Å². The Morgan fingerprint density at radius 1 is 0.434 bits per heavy atom. The Balaban J connectivity index is 1.57. The summed E-state index contributed by atoms with van der Waals surface area (Å²) >= 11 is 0. The molecule has 0 bridgehead atoms. The number of hydrogen-bond acceptors (Lipinski definition) is 11. The highest BCUT2D eigenvalue weighted by Crippen LogP contribution is 2.33. The van der Waals surface area contributed by atoms with Crippen LogP contribution in [0.15, 0.2) is 0 Å². The van der Waals surface area contributed by atoms with Gasteiger partial charge in [-0.15, -0.1) is 9.18 Å². The van der Waals surface area contributed by atoms with Gasteiger partial charge in [-0.1, -0.05) is 0 Å². The Bertz CT molecular complexity index is 1250. The topological polar surface area (TPSA) is 164 Å². The monoisotopic (exact) mass is 753 g/mol. The van der Waals surface area contributed by atoms with Crippen LogP contribution in [-0.4, -0.2) is 166 Å². The highest BCUT2D eigenvalue weighted by atomic mass is 16.6. The molecule has 0 unspecified atom stereocenters. The fourth-order valence-electron chi connectivity index (χ4n) is 6.31. The molecule has 0 saturated carbocycles. The van der Waals surface area contributed by atoms with Gasteiger partial charge in [-0.2, -0.15) is 0 Å². The molecule has 53 heavy (non-hydrogen) atoms. The van der Waals surface area contributed by atoms with Gasteiger partial charge >= 0.3 is 36.2 Å². The molecular weight excluding hydrogens is 690 g/mol. The molecule has 4 aliphatic heterocycles. The van der Waals surface area contributed by atoms with Crippen LogP contribution in [0, 0.1) is 11.8 Å². The van der Waals surface area contributed by atoms with E-state index in [1.54, 1.807) is 83.1 Å². The molecule has 17 nitrogen and oxygen atoms in total. The summed E-state index contributed by atoms with van der Waals surface area (Å²) in [6.45, 7) is 23.4. The molecule has 0 aromatic heterocycles. The first-order valence-electron chi connectivity index (χ1n) is 18.7. The molecule has 1 N–H and O–H groups in total. The predicted octanol–water partition coefficient (Wildman–Crippen LogP) is 3.33. The minimum Gasteiger partial charge on any atom is -0.444 e. The van der Waals surface area contributed by atoms with Crippen LogP contribution in [0.1, 0.15) is 83.1 Å². The summed E-state index contributed by atoms with van der Waals surface area (Å²) in [6.07, 6.45) is -2.36. The third-order valence-electron chi connectivity index (χ3n) is 8.92. The molecule has 6 amide bonds. The number of carbonyl (C=O) groups is 6. The largest absolute Gasteiger partial charge is 0.444 e. The fraction of sp³-hybridized carbons (Fsp3) is 0.833. The van der Waals surface area contributed by atoms with Crippen molar-refractivity contribution in [2.45, 2.75) is 105 Å². The van der Waals surface area contributed by atoms with Crippen LogP contribution in [0.4, 0.5) is 19.2 Å². The van der Waals surface area contributed by atoms with Gasteiger partial charge in [0.1, 0.15) is 34.2 Å². The lowest BCUT2D eigenvalue weighted by Gasteiger charge is -2.31. The van der Waals surface area contributed by atoms with Gasteiger partial charge in [0.05, 0.1) is 0 Å². The van der Waals surface area contributed by atoms with E-state index in [4.69, 9.17) is 18.9 Å². The Morgan fingerprint density at radius 3 is 0.811 bits per heavy atom. The summed E-state index contributed by atoms with van der Waals surface area (Å²) in [4.78, 5) is 87.9. The second kappa shape index (κ2) is 14.9. The number of nitrogens with one attached hydrogen (secondary N) is 1. The van der Waals surface area contributed by atoms with Gasteiger partial charge < -0.3 is 38.5 Å². The Labute approximate surface area is 313 Å². The maximum atomic E-state index is 14.5. The number of nitrogens with zero attached hydrogens (tertiary/aromatic N) is 6. The van der Waals surface area contributed by atoms with Gasteiger partial charge in [0, 0.05) is 57.9 Å². The summed E-state index contributed by atoms with van der Waals surface area (Å²) in [5, 5.41) is 0. The Hall–Kier alpha value is -3.70. The van der Waals surface area contributed by atoms with Crippen LogP contribution in [0.5, 0.6) is 0 Å². The van der Waals surface area contributed by atoms with Crippen molar-refractivity contribution in [2.24, 2.45) is 11.8 Å². The molecule has 0 atom stereocenters. The summed E-state index contributed by atoms with van der Waals surface area (Å²) in [5.74, 6) is -2.16. The SMILES string of the molecule is CC(C)(C)OC(=O)N1CCN(C(=O)OC(C)(C)C)CC(C(=O)[N+]2(N[N+]3(C(=O)C4CN(C(=O)OC(C)(C)C)CCN(C(=O)OC(C)(C)C)C4)CC3)CC2)C1. The van der Waals surface area contributed by atoms with Crippen molar-refractivity contribution in [3.05, 3.63) is 0 Å². The normalized spacial score (nSPS) is 21.2. The lowest BCUT2D eigenvalue weighted by molar-refractivity contribution is -0.988. The first-order chi connectivity index (χ1) is 24.1. The van der Waals surface area contributed by atoms with Gasteiger partial charge in [0.15, 0.2) is 26.2 Å². The third kappa shape index (κ3) is 11.6. The zero-order valence-electron chi connectivity index (χ0n) is 33.9. The summed E-state index contributed by atoms with van der Waals surface area (Å²) in [5.41, 5.74) is 0.282. The zero-order valence-corrected chi connectivity index (χ0v) is 33.9. The fourth-order valence-corrected chi connectivity index (χ4v) is 6.31. The minimum atomic E-state index is -0.814. The summed E-state index contributed by atoms with van der Waals surface area (Å²) in [7, 11) is 0. The molecule has 0 spiro atoms. The molecule has 17 heteroatoms. The molecule has 4 rings (SSSR count). The van der Waals surface area contributed by atoms with Crippen molar-refractivity contribution in [3.8, 4) is 0 Å². The molecule has 4 heterocycles. The lowest BCUT2D eigenvalue weighted by atomic mass is 10.1. The van der Waals surface area contributed by atoms with Crippen LogP contribution >= 0.6 is 0 Å². The van der Waals surface area contributed by atoms with Gasteiger partial charge in [0.2, 0.25) is 0 Å². The Kier molecular flexibility index (Phi) is 11.8. The van der Waals surface area contributed by atoms with Gasteiger partial charge in [-0.3, -0.25) is 0 Å². The highest BCUT2D eigenvalue weighted by Gasteiger charge is 2.66. The van der Waals surface area contributed by atoms with Crippen LogP contribution < -0.4 is 5.53 Å². The number of rotatable bonds is 4. The second-order valence-corrected chi connectivity index (χ2v) is 18.7. The first kappa shape index (κ1) is 42.0. The molecule has 4 saturated heterocycles. The first-order valence-corrected chi connectivity index (χ1v) is 18.7. The van der Waals surface area contributed by atoms with E-state index in [9.17, 15) is 28.8 Å².